The molecule has 8 heteroatoms. The van der Waals surface area contributed by atoms with Crippen molar-refractivity contribution >= 4 is 17.5 Å². The van der Waals surface area contributed by atoms with Gasteiger partial charge in [-0.2, -0.15) is 8.78 Å². The Hall–Kier alpha value is -3.94. The summed E-state index contributed by atoms with van der Waals surface area (Å²) < 4.78 is 36.1. The lowest BCUT2D eigenvalue weighted by atomic mass is 9.72. The van der Waals surface area contributed by atoms with Crippen molar-refractivity contribution in [3.05, 3.63) is 78.4 Å². The molecule has 0 unspecified atom stereocenters. The van der Waals surface area contributed by atoms with Gasteiger partial charge >= 0.3 is 6.61 Å². The van der Waals surface area contributed by atoms with Crippen LogP contribution >= 0.6 is 0 Å². The number of carbonyl (C=O) groups is 2. The molecule has 3 aromatic rings. The van der Waals surface area contributed by atoms with Crippen LogP contribution in [0.15, 0.2) is 72.8 Å². The molecule has 0 saturated carbocycles. The number of hydrogen-bond acceptors (Lipinski definition) is 4. The highest BCUT2D eigenvalue weighted by atomic mass is 19.3. The van der Waals surface area contributed by atoms with E-state index in [0.29, 0.717) is 48.5 Å². The van der Waals surface area contributed by atoms with E-state index in [0.717, 1.165) is 5.56 Å². The molecule has 0 aromatic heterocycles. The maximum absolute atomic E-state index is 13.8. The van der Waals surface area contributed by atoms with E-state index in [1.807, 2.05) is 30.3 Å². The maximum atomic E-state index is 13.8. The summed E-state index contributed by atoms with van der Waals surface area (Å²) in [6.45, 7) is -0.527. The van der Waals surface area contributed by atoms with Crippen LogP contribution in [-0.2, 0) is 15.0 Å². The van der Waals surface area contributed by atoms with Gasteiger partial charge in [0.05, 0.1) is 12.5 Å². The van der Waals surface area contributed by atoms with E-state index in [9.17, 15) is 18.4 Å². The molecule has 1 aliphatic rings. The highest BCUT2D eigenvalue weighted by Gasteiger charge is 2.43. The molecule has 1 fully saturated rings. The van der Waals surface area contributed by atoms with Crippen molar-refractivity contribution in [1.29, 1.82) is 0 Å². The number of ether oxygens (including phenoxy) is 2. The number of carbonyl (C=O) groups excluding carboxylic acids is 2. The number of methoxy groups -OCH3 is 1. The molecule has 0 aliphatic carbocycles. The fourth-order valence-corrected chi connectivity index (χ4v) is 4.66. The van der Waals surface area contributed by atoms with Crippen molar-refractivity contribution in [2.45, 2.75) is 31.8 Å². The summed E-state index contributed by atoms with van der Waals surface area (Å²) in [5.74, 6) is 0.401. The zero-order chi connectivity index (χ0) is 25.7. The molecule has 4 rings (SSSR count). The molecule has 3 aromatic carbocycles. The van der Waals surface area contributed by atoms with Crippen LogP contribution in [0.2, 0.25) is 0 Å². The van der Waals surface area contributed by atoms with Crippen molar-refractivity contribution in [2.24, 2.45) is 0 Å². The van der Waals surface area contributed by atoms with Gasteiger partial charge in [0.2, 0.25) is 11.8 Å². The maximum Gasteiger partial charge on any atom is 0.387 e. The second-order valence-electron chi connectivity index (χ2n) is 8.73. The van der Waals surface area contributed by atoms with Crippen LogP contribution in [0.5, 0.6) is 11.5 Å². The van der Waals surface area contributed by atoms with Crippen molar-refractivity contribution < 1.29 is 27.8 Å². The zero-order valence-electron chi connectivity index (χ0n) is 20.2. The number of nitrogens with zero attached hydrogens (tertiary/aromatic N) is 1. The lowest BCUT2D eigenvalue weighted by molar-refractivity contribution is -0.133. The minimum Gasteiger partial charge on any atom is -0.497 e. The number of likely N-dealkylation sites (tertiary alicyclic amines) is 1. The third kappa shape index (κ3) is 5.32. The molecule has 0 bridgehead atoms. The van der Waals surface area contributed by atoms with Gasteiger partial charge in [-0.1, -0.05) is 42.5 Å². The molecule has 6 nitrogen and oxygen atoms in total. The van der Waals surface area contributed by atoms with Crippen LogP contribution in [0.3, 0.4) is 0 Å². The summed E-state index contributed by atoms with van der Waals surface area (Å²) in [6.07, 6.45) is 0.945. The van der Waals surface area contributed by atoms with E-state index in [4.69, 9.17) is 9.47 Å². The Bertz CT molecular complexity index is 1210. The molecule has 36 heavy (non-hydrogen) atoms. The highest BCUT2D eigenvalue weighted by Crippen LogP contribution is 2.39. The average Bonchev–Trinajstić information content (AvgIpc) is 2.89. The first-order valence-corrected chi connectivity index (χ1v) is 11.7. The Morgan fingerprint density at radius 1 is 0.972 bits per heavy atom. The summed E-state index contributed by atoms with van der Waals surface area (Å²) in [5, 5.41) is 3.00. The van der Waals surface area contributed by atoms with Gasteiger partial charge < -0.3 is 19.7 Å². The first-order valence-electron chi connectivity index (χ1n) is 11.7. The molecule has 0 atom stereocenters. The summed E-state index contributed by atoms with van der Waals surface area (Å²) in [7, 11) is 1.54. The number of anilines is 1. The number of alkyl halides is 2. The van der Waals surface area contributed by atoms with E-state index < -0.39 is 12.0 Å². The van der Waals surface area contributed by atoms with Crippen molar-refractivity contribution in [1.82, 2.24) is 4.90 Å². The molecular formula is C28H28F2N2O4. The number of hydrogen-bond donors (Lipinski definition) is 1. The van der Waals surface area contributed by atoms with Crippen molar-refractivity contribution in [3.8, 4) is 22.6 Å². The SMILES string of the molecule is COc1ccc(-c2cc(NC(=O)C3(c4ccccc4)CCN(C(C)=O)CC3)ccc2OC(F)F)cc1. The van der Waals surface area contributed by atoms with E-state index in [1.54, 1.807) is 48.4 Å². The number of nitrogens with one attached hydrogen (secondary N) is 1. The summed E-state index contributed by atoms with van der Waals surface area (Å²) >= 11 is 0. The summed E-state index contributed by atoms with van der Waals surface area (Å²) in [4.78, 5) is 27.4. The first kappa shape index (κ1) is 25.2. The van der Waals surface area contributed by atoms with Crippen LogP contribution in [0.1, 0.15) is 25.3 Å². The topological polar surface area (TPSA) is 67.9 Å². The van der Waals surface area contributed by atoms with Gasteiger partial charge in [0, 0.05) is 31.3 Å². The predicted molar refractivity (Wildman–Crippen MR) is 133 cm³/mol. The van der Waals surface area contributed by atoms with Crippen LogP contribution in [0.4, 0.5) is 14.5 Å². The van der Waals surface area contributed by atoms with Gasteiger partial charge in [-0.3, -0.25) is 9.59 Å². The molecular weight excluding hydrogens is 466 g/mol. The molecule has 1 N–H and O–H groups in total. The zero-order valence-corrected chi connectivity index (χ0v) is 20.2. The predicted octanol–water partition coefficient (Wildman–Crippen LogP) is 5.48. The molecule has 188 valence electrons. The highest BCUT2D eigenvalue weighted by molar-refractivity contribution is 6.00. The molecule has 1 saturated heterocycles. The standard InChI is InChI=1S/C28H28F2N2O4/c1-19(33)32-16-14-28(15-17-32,21-6-4-3-5-7-21)26(34)31-22-10-13-25(36-27(29)30)24(18-22)20-8-11-23(35-2)12-9-20/h3-13,18,27H,14-17H2,1-2H3,(H,31,34). The quantitative estimate of drug-likeness (QED) is 0.472. The van der Waals surface area contributed by atoms with Gasteiger partial charge in [-0.15, -0.1) is 0 Å². The minimum atomic E-state index is -2.99. The average molecular weight is 495 g/mol. The van der Waals surface area contributed by atoms with Crippen LogP contribution in [0, 0.1) is 0 Å². The van der Waals surface area contributed by atoms with Gasteiger partial charge in [0.25, 0.3) is 0 Å². The van der Waals surface area contributed by atoms with Crippen molar-refractivity contribution in [2.75, 3.05) is 25.5 Å². The first-order chi connectivity index (χ1) is 17.3. The van der Waals surface area contributed by atoms with Gasteiger partial charge in [0.1, 0.15) is 11.5 Å². The fourth-order valence-electron chi connectivity index (χ4n) is 4.66. The normalized spacial score (nSPS) is 14.9. The lowest BCUT2D eigenvalue weighted by Crippen LogP contribution is -2.50. The monoisotopic (exact) mass is 494 g/mol. The number of amides is 2. The number of rotatable bonds is 7. The molecule has 2 amide bonds. The number of halogens is 2. The molecule has 1 heterocycles. The second kappa shape index (κ2) is 10.8. The van der Waals surface area contributed by atoms with Gasteiger partial charge in [0.15, 0.2) is 0 Å². The van der Waals surface area contributed by atoms with Crippen LogP contribution in [-0.4, -0.2) is 43.5 Å². The third-order valence-electron chi connectivity index (χ3n) is 6.68. The molecule has 1 aliphatic heterocycles. The van der Waals surface area contributed by atoms with Crippen molar-refractivity contribution in [3.63, 3.8) is 0 Å². The summed E-state index contributed by atoms with van der Waals surface area (Å²) in [6, 6.07) is 21.0. The Labute approximate surface area is 208 Å². The van der Waals surface area contributed by atoms with E-state index in [-0.39, 0.29) is 17.6 Å². The summed E-state index contributed by atoms with van der Waals surface area (Å²) in [5.41, 5.74) is 1.55. The van der Waals surface area contributed by atoms with Gasteiger partial charge in [-0.05, 0) is 54.3 Å². The third-order valence-corrected chi connectivity index (χ3v) is 6.68. The Morgan fingerprint density at radius 2 is 1.64 bits per heavy atom. The minimum absolute atomic E-state index is 0.000653. The molecule has 0 radical (unpaired) electrons. The van der Waals surface area contributed by atoms with E-state index in [2.05, 4.69) is 5.32 Å². The Balaban J connectivity index is 1.67. The smallest absolute Gasteiger partial charge is 0.387 e. The van der Waals surface area contributed by atoms with Gasteiger partial charge in [-0.25, -0.2) is 0 Å². The Morgan fingerprint density at radius 3 is 2.22 bits per heavy atom. The second-order valence-corrected chi connectivity index (χ2v) is 8.73. The van der Waals surface area contributed by atoms with Crippen LogP contribution in [0.25, 0.3) is 11.1 Å². The Kier molecular flexibility index (Phi) is 7.52. The largest absolute Gasteiger partial charge is 0.497 e. The molecule has 0 spiro atoms. The number of benzene rings is 3. The fraction of sp³-hybridized carbons (Fsp3) is 0.286. The number of piperidine rings is 1. The van der Waals surface area contributed by atoms with E-state index in [1.165, 1.54) is 13.0 Å². The lowest BCUT2D eigenvalue weighted by Gasteiger charge is -2.40. The van der Waals surface area contributed by atoms with E-state index >= 15 is 0 Å². The van der Waals surface area contributed by atoms with Crippen LogP contribution < -0.4 is 14.8 Å².